The van der Waals surface area contributed by atoms with Gasteiger partial charge in [-0.3, -0.25) is 33.6 Å². The Morgan fingerprint density at radius 1 is 0.623 bits per heavy atom. The van der Waals surface area contributed by atoms with Gasteiger partial charge in [0, 0.05) is 57.8 Å². The van der Waals surface area contributed by atoms with Crippen molar-refractivity contribution in [1.29, 1.82) is 0 Å². The highest BCUT2D eigenvalue weighted by Gasteiger charge is 2.69. The van der Waals surface area contributed by atoms with Crippen molar-refractivity contribution in [2.75, 3.05) is 34.3 Å². The predicted molar refractivity (Wildman–Crippen MR) is 305 cm³/mol. The minimum atomic E-state index is -0.875. The van der Waals surface area contributed by atoms with Crippen molar-refractivity contribution in [3.63, 3.8) is 0 Å². The van der Waals surface area contributed by atoms with Crippen LogP contribution < -0.4 is 5.32 Å². The van der Waals surface area contributed by atoms with Crippen LogP contribution in [0.5, 0.6) is 0 Å². The van der Waals surface area contributed by atoms with Crippen molar-refractivity contribution in [3.05, 3.63) is 60.2 Å². The van der Waals surface area contributed by atoms with E-state index in [1.807, 2.05) is 17.9 Å². The van der Waals surface area contributed by atoms with Gasteiger partial charge < -0.3 is 24.8 Å². The van der Waals surface area contributed by atoms with Crippen molar-refractivity contribution >= 4 is 41.2 Å². The first-order valence-corrected chi connectivity index (χ1v) is 30.3. The maximum absolute atomic E-state index is 13.7. The summed E-state index contributed by atoms with van der Waals surface area (Å²) in [6, 6.07) is 8.09. The van der Waals surface area contributed by atoms with Gasteiger partial charge in [0.1, 0.15) is 6.04 Å². The molecule has 0 bridgehead atoms. The number of hydrogen-bond donors (Lipinski definition) is 1. The first-order chi connectivity index (χ1) is 36.6. The minimum Gasteiger partial charge on any atom is -0.469 e. The van der Waals surface area contributed by atoms with Gasteiger partial charge in [-0.2, -0.15) is 0 Å². The lowest BCUT2D eigenvalue weighted by atomic mass is 9.83. The molecule has 2 aliphatic carbocycles. The highest BCUT2D eigenvalue weighted by atomic mass is 16.5. The molecule has 11 atom stereocenters. The molecule has 7 rings (SSSR count). The van der Waals surface area contributed by atoms with Crippen molar-refractivity contribution in [1.82, 2.24) is 20.0 Å². The standard InChI is InChI=1S/C39H57N3O5.C26H43NO3/c1-26-18-14-11-9-7-8-10-12-15-21-29(24-27(2)35-33-30(39(33,3)4)25-42(35)37(26)46)36(45)31(43)22-23-32(44)40-34(38(47)41(5)6)28-19-16-13-17-20-28;1-18-14-12-10-8-6-7-9-11-13-15-20(25(29)30-5)16-19(2)23-22-21(26(22,3)4)17-27(23)24(18)28/h13,16-17,19-20,26,29-30,33-35H,2,7-12,14-15,18,21-25H2,1,3-6H3,(H,40,44);18,20-23H,2,6-17H2,1,3-5H3/t26-,29+,30?,33?,34-,35+;18-,20+,21?,22?,23+/m00/s1. The average Bonchev–Trinajstić information content (AvgIpc) is 4.10. The maximum Gasteiger partial charge on any atom is 0.308 e. The van der Waals surface area contributed by atoms with E-state index >= 15 is 0 Å². The van der Waals surface area contributed by atoms with Gasteiger partial charge >= 0.3 is 5.97 Å². The first-order valence-electron chi connectivity index (χ1n) is 30.3. The van der Waals surface area contributed by atoms with E-state index in [4.69, 9.17) is 4.74 Å². The second-order valence-corrected chi connectivity index (χ2v) is 26.0. The van der Waals surface area contributed by atoms with E-state index in [2.05, 4.69) is 58.0 Å². The Balaban J connectivity index is 0.000000275. The lowest BCUT2D eigenvalue weighted by Crippen LogP contribution is -2.44. The number of ether oxygens (including phenoxy) is 1. The number of piperidine rings is 2. The molecule has 6 fully saturated rings. The molecule has 2 saturated carbocycles. The molecule has 12 nitrogen and oxygen atoms in total. The van der Waals surface area contributed by atoms with Crippen LogP contribution >= 0.6 is 0 Å². The third-order valence-electron chi connectivity index (χ3n) is 19.4. The molecule has 0 radical (unpaired) electrons. The fourth-order valence-corrected chi connectivity index (χ4v) is 14.3. The van der Waals surface area contributed by atoms with Crippen LogP contribution in [0.2, 0.25) is 0 Å². The number of carbonyl (C=O) groups is 7. The molecule has 6 aliphatic rings. The number of carbonyl (C=O) groups excluding carboxylic acids is 7. The summed E-state index contributed by atoms with van der Waals surface area (Å²) in [5.74, 6) is -0.174. The van der Waals surface area contributed by atoms with Crippen LogP contribution in [0.4, 0.5) is 0 Å². The van der Waals surface area contributed by atoms with Gasteiger partial charge in [-0.05, 0) is 78.6 Å². The number of benzene rings is 1. The summed E-state index contributed by atoms with van der Waals surface area (Å²) in [4.78, 5) is 98.1. The van der Waals surface area contributed by atoms with Crippen LogP contribution in [0.3, 0.4) is 0 Å². The molecule has 0 spiro atoms. The summed E-state index contributed by atoms with van der Waals surface area (Å²) >= 11 is 0. The summed E-state index contributed by atoms with van der Waals surface area (Å²) in [6.07, 6.45) is 22.4. The molecule has 1 aromatic rings. The summed E-state index contributed by atoms with van der Waals surface area (Å²) in [7, 11) is 4.74. The van der Waals surface area contributed by atoms with E-state index in [9.17, 15) is 33.6 Å². The zero-order valence-corrected chi connectivity index (χ0v) is 49.1. The second kappa shape index (κ2) is 28.0. The third-order valence-corrected chi connectivity index (χ3v) is 19.4. The van der Waals surface area contributed by atoms with Crippen molar-refractivity contribution in [2.24, 2.45) is 58.2 Å². The number of nitrogens with one attached hydrogen (secondary N) is 1. The topological polar surface area (TPSA) is 150 Å². The Labute approximate surface area is 464 Å². The molecule has 4 saturated heterocycles. The summed E-state index contributed by atoms with van der Waals surface area (Å²) in [6.45, 7) is 23.8. The number of Topliss-reactive ketones (excluding diaryl/α,β-unsaturated/α-hetero) is 2. The lowest BCUT2D eigenvalue weighted by molar-refractivity contribution is -0.145. The lowest BCUT2D eigenvalue weighted by Gasteiger charge is -2.35. The highest BCUT2D eigenvalue weighted by molar-refractivity contribution is 6.38. The molecular weight excluding hydrogens is 965 g/mol. The van der Waals surface area contributed by atoms with E-state index in [0.29, 0.717) is 54.4 Å². The molecule has 12 heteroatoms. The van der Waals surface area contributed by atoms with Crippen LogP contribution in [0.1, 0.15) is 207 Å². The molecule has 4 amide bonds. The molecule has 428 valence electrons. The number of methoxy groups -OCH3 is 1. The predicted octanol–water partition coefficient (Wildman–Crippen LogP) is 12.2. The van der Waals surface area contributed by atoms with Gasteiger partial charge in [0.25, 0.3) is 0 Å². The number of esters is 1. The van der Waals surface area contributed by atoms with E-state index in [-0.39, 0.29) is 71.3 Å². The fraction of sp³-hybridized carbons (Fsp3) is 0.738. The van der Waals surface area contributed by atoms with Crippen molar-refractivity contribution < 1.29 is 38.3 Å². The van der Waals surface area contributed by atoms with Crippen molar-refractivity contribution in [3.8, 4) is 0 Å². The van der Waals surface area contributed by atoms with E-state index in [1.54, 1.807) is 38.4 Å². The Morgan fingerprint density at radius 3 is 1.45 bits per heavy atom. The maximum atomic E-state index is 13.7. The van der Waals surface area contributed by atoms with Crippen LogP contribution in [0, 0.1) is 58.2 Å². The first kappa shape index (κ1) is 61.6. The normalized spacial score (nSPS) is 30.8. The fourth-order valence-electron chi connectivity index (χ4n) is 14.3. The summed E-state index contributed by atoms with van der Waals surface area (Å²) in [5, 5.41) is 2.77. The van der Waals surface area contributed by atoms with Gasteiger partial charge in [0.15, 0.2) is 5.78 Å². The molecular formula is C65H100N4O8. The van der Waals surface area contributed by atoms with E-state index < -0.39 is 29.4 Å². The molecule has 1 aromatic carbocycles. The minimum absolute atomic E-state index is 0.0405. The van der Waals surface area contributed by atoms with Gasteiger partial charge in [-0.25, -0.2) is 0 Å². The number of fused-ring (bicyclic) bond motifs is 6. The molecule has 4 heterocycles. The third kappa shape index (κ3) is 15.6. The quantitative estimate of drug-likeness (QED) is 0.146. The smallest absolute Gasteiger partial charge is 0.308 e. The van der Waals surface area contributed by atoms with E-state index in [0.717, 1.165) is 94.9 Å². The SMILES string of the molecule is C=C1C[C@H](C(=O)C(=O)CCC(=O)N[C@H](C(=O)N(C)C)c2ccccc2)CCCCCCCCCC[C@H](C)C(=O)N2CC3C([C@@H]12)C3(C)C.C=C1C[C@H](C(=O)OC)CCCCCCCCCC[C@H](C)C(=O)N2CC3C([C@@H]12)C3(C)C. The van der Waals surface area contributed by atoms with Gasteiger partial charge in [0.2, 0.25) is 29.4 Å². The summed E-state index contributed by atoms with van der Waals surface area (Å²) in [5.41, 5.74) is 2.99. The van der Waals surface area contributed by atoms with E-state index in [1.165, 1.54) is 63.4 Å². The highest BCUT2D eigenvalue weighted by Crippen LogP contribution is 2.67. The number of likely N-dealkylation sites (N-methyl/N-ethyl adjacent to an activating group) is 1. The Bertz CT molecular complexity index is 2240. The monoisotopic (exact) mass is 1060 g/mol. The van der Waals surface area contributed by atoms with Crippen LogP contribution in [0.15, 0.2) is 54.6 Å². The number of nitrogens with zero attached hydrogens (tertiary/aromatic N) is 3. The summed E-state index contributed by atoms with van der Waals surface area (Å²) < 4.78 is 5.13. The van der Waals surface area contributed by atoms with Crippen LogP contribution in [0.25, 0.3) is 0 Å². The van der Waals surface area contributed by atoms with Crippen LogP contribution in [-0.2, 0) is 38.3 Å². The zero-order chi connectivity index (χ0) is 56.2. The average molecular weight is 1070 g/mol. The zero-order valence-electron chi connectivity index (χ0n) is 49.1. The largest absolute Gasteiger partial charge is 0.469 e. The number of ketones is 2. The Morgan fingerprint density at radius 2 is 1.03 bits per heavy atom. The van der Waals surface area contributed by atoms with Gasteiger partial charge in [0.05, 0.1) is 25.1 Å². The van der Waals surface area contributed by atoms with Crippen molar-refractivity contribution in [2.45, 2.75) is 214 Å². The second-order valence-electron chi connectivity index (χ2n) is 26.0. The Kier molecular flexibility index (Phi) is 22.4. The van der Waals surface area contributed by atoms with Gasteiger partial charge in [-0.15, -0.1) is 0 Å². The number of hydrogen-bond acceptors (Lipinski definition) is 8. The molecule has 0 aromatic heterocycles. The Hall–Kier alpha value is -4.61. The molecule has 77 heavy (non-hydrogen) atoms. The molecule has 4 unspecified atom stereocenters. The molecule has 1 N–H and O–H groups in total. The number of amides is 4. The van der Waals surface area contributed by atoms with Gasteiger partial charge in [-0.1, -0.05) is 199 Å². The molecule has 4 aliphatic heterocycles. The van der Waals surface area contributed by atoms with Crippen LogP contribution in [-0.4, -0.2) is 102 Å². The number of rotatable bonds is 9.